The molecule has 0 N–H and O–H groups in total. The molecule has 70 valence electrons. The summed E-state index contributed by atoms with van der Waals surface area (Å²) in [6.07, 6.45) is -0.941. The van der Waals surface area contributed by atoms with E-state index in [2.05, 4.69) is 4.98 Å². The van der Waals surface area contributed by atoms with Crippen LogP contribution in [-0.4, -0.2) is 17.2 Å². The molecule has 6 heteroatoms. The normalized spacial score (nSPS) is 10.5. The van der Waals surface area contributed by atoms with Gasteiger partial charge in [-0.15, -0.1) is 0 Å². The minimum absolute atomic E-state index is 0.169. The van der Waals surface area contributed by atoms with Crippen molar-refractivity contribution in [1.29, 1.82) is 0 Å². The Bertz CT molecular complexity index is 323. The van der Waals surface area contributed by atoms with E-state index in [1.807, 2.05) is 0 Å². The van der Waals surface area contributed by atoms with Gasteiger partial charge in [-0.1, -0.05) is 23.2 Å². The Kier molecular flexibility index (Phi) is 3.17. The molecule has 0 radical (unpaired) electrons. The molecule has 1 aromatic heterocycles. The number of ketones is 1. The van der Waals surface area contributed by atoms with Crippen molar-refractivity contribution in [2.24, 2.45) is 0 Å². The van der Waals surface area contributed by atoms with Crippen LogP contribution < -0.4 is 0 Å². The van der Waals surface area contributed by atoms with E-state index >= 15 is 0 Å². The zero-order valence-electron chi connectivity index (χ0n) is 6.10. The second-order valence-electron chi connectivity index (χ2n) is 2.14. The molecule has 0 saturated heterocycles. The fourth-order valence-electron chi connectivity index (χ4n) is 0.756. The van der Waals surface area contributed by atoms with E-state index in [1.165, 1.54) is 0 Å². The van der Waals surface area contributed by atoms with E-state index in [0.29, 0.717) is 0 Å². The third kappa shape index (κ3) is 2.14. The van der Waals surface area contributed by atoms with E-state index in [1.54, 1.807) is 0 Å². The summed E-state index contributed by atoms with van der Waals surface area (Å²) in [6.45, 7) is 0. The predicted molar refractivity (Wildman–Crippen MR) is 44.6 cm³/mol. The summed E-state index contributed by atoms with van der Waals surface area (Å²) in [5.41, 5.74) is -0.381. The Balaban J connectivity index is 3.20. The molecule has 0 unspecified atom stereocenters. The second-order valence-corrected chi connectivity index (χ2v) is 2.96. The molecule has 1 aromatic rings. The molecule has 1 rings (SSSR count). The van der Waals surface area contributed by atoms with Crippen molar-refractivity contribution in [3.05, 3.63) is 28.0 Å². The fraction of sp³-hybridized carbons (Fsp3) is 0.143. The van der Waals surface area contributed by atoms with Crippen molar-refractivity contribution in [3.63, 3.8) is 0 Å². The SMILES string of the molecule is O=C(c1c(Cl)cncc1Cl)C(F)F. The Morgan fingerprint density at radius 1 is 1.31 bits per heavy atom. The van der Waals surface area contributed by atoms with Crippen molar-refractivity contribution in [2.45, 2.75) is 6.43 Å². The zero-order chi connectivity index (χ0) is 10.0. The van der Waals surface area contributed by atoms with Crippen LogP contribution in [0.5, 0.6) is 0 Å². The summed E-state index contributed by atoms with van der Waals surface area (Å²) in [5.74, 6) is -1.39. The molecule has 0 aliphatic rings. The lowest BCUT2D eigenvalue weighted by Gasteiger charge is -2.03. The highest BCUT2D eigenvalue weighted by atomic mass is 35.5. The first-order valence-electron chi connectivity index (χ1n) is 3.15. The number of aromatic nitrogens is 1. The molecule has 0 fully saturated rings. The number of nitrogens with zero attached hydrogens (tertiary/aromatic N) is 1. The molecule has 13 heavy (non-hydrogen) atoms. The van der Waals surface area contributed by atoms with Gasteiger partial charge in [-0.2, -0.15) is 0 Å². The monoisotopic (exact) mass is 225 g/mol. The third-order valence-electron chi connectivity index (χ3n) is 1.30. The van der Waals surface area contributed by atoms with Crippen LogP contribution in [0.2, 0.25) is 10.0 Å². The summed E-state index contributed by atoms with van der Waals surface area (Å²) >= 11 is 10.9. The number of carbonyl (C=O) groups excluding carboxylic acids is 1. The molecule has 2 nitrogen and oxygen atoms in total. The lowest BCUT2D eigenvalue weighted by molar-refractivity contribution is 0.0679. The highest BCUT2D eigenvalue weighted by Gasteiger charge is 2.23. The van der Waals surface area contributed by atoms with E-state index < -0.39 is 12.2 Å². The van der Waals surface area contributed by atoms with Crippen LogP contribution in [0, 0.1) is 0 Å². The van der Waals surface area contributed by atoms with Crippen LogP contribution >= 0.6 is 23.2 Å². The molecular formula is C7H3Cl2F2NO. The molecule has 1 heterocycles. The molecule has 0 bridgehead atoms. The predicted octanol–water partition coefficient (Wildman–Crippen LogP) is 2.84. The van der Waals surface area contributed by atoms with Gasteiger partial charge >= 0.3 is 6.43 Å². The van der Waals surface area contributed by atoms with Gasteiger partial charge in [0, 0.05) is 12.4 Å². The molecule has 0 aliphatic carbocycles. The third-order valence-corrected chi connectivity index (χ3v) is 1.87. The molecule has 0 spiro atoms. The topological polar surface area (TPSA) is 30.0 Å². The Hall–Kier alpha value is -0.740. The number of carbonyl (C=O) groups is 1. The minimum atomic E-state index is -3.11. The minimum Gasteiger partial charge on any atom is -0.288 e. The van der Waals surface area contributed by atoms with Crippen molar-refractivity contribution in [2.75, 3.05) is 0 Å². The fourth-order valence-corrected chi connectivity index (χ4v) is 1.31. The summed E-state index contributed by atoms with van der Waals surface area (Å²) in [7, 11) is 0. The molecule has 0 atom stereocenters. The Morgan fingerprint density at radius 3 is 2.15 bits per heavy atom. The van der Waals surface area contributed by atoms with Crippen molar-refractivity contribution < 1.29 is 13.6 Å². The molecular weight excluding hydrogens is 223 g/mol. The molecule has 0 amide bonds. The second kappa shape index (κ2) is 3.98. The quantitative estimate of drug-likeness (QED) is 0.725. The largest absolute Gasteiger partial charge is 0.300 e. The van der Waals surface area contributed by atoms with E-state index in [0.717, 1.165) is 12.4 Å². The van der Waals surface area contributed by atoms with Crippen LogP contribution in [0.25, 0.3) is 0 Å². The average molecular weight is 226 g/mol. The van der Waals surface area contributed by atoms with Gasteiger partial charge in [0.05, 0.1) is 15.6 Å². The number of hydrogen-bond donors (Lipinski definition) is 0. The van der Waals surface area contributed by atoms with Crippen LogP contribution in [0.1, 0.15) is 10.4 Å². The standard InChI is InChI=1S/C7H3Cl2F2NO/c8-3-1-12-2-4(9)5(3)6(13)7(10)11/h1-2,7H. The number of halogens is 4. The zero-order valence-corrected chi connectivity index (χ0v) is 7.61. The van der Waals surface area contributed by atoms with Crippen LogP contribution in [0.15, 0.2) is 12.4 Å². The van der Waals surface area contributed by atoms with E-state index in [9.17, 15) is 13.6 Å². The average Bonchev–Trinajstić information content (AvgIpc) is 2.03. The van der Waals surface area contributed by atoms with Crippen molar-refractivity contribution in [3.8, 4) is 0 Å². The number of hydrogen-bond acceptors (Lipinski definition) is 2. The first-order valence-corrected chi connectivity index (χ1v) is 3.91. The summed E-state index contributed by atoms with van der Waals surface area (Å²) < 4.78 is 24.0. The lowest BCUT2D eigenvalue weighted by Crippen LogP contribution is -2.11. The van der Waals surface area contributed by atoms with Crippen LogP contribution in [0.4, 0.5) is 8.78 Å². The first-order chi connectivity index (χ1) is 6.04. The summed E-state index contributed by atoms with van der Waals surface area (Å²) in [4.78, 5) is 14.4. The van der Waals surface area contributed by atoms with Gasteiger partial charge in [0.15, 0.2) is 0 Å². The van der Waals surface area contributed by atoms with Gasteiger partial charge in [0.25, 0.3) is 0 Å². The van der Waals surface area contributed by atoms with Gasteiger partial charge in [0.2, 0.25) is 5.78 Å². The number of Topliss-reactive ketones (excluding diaryl/α,β-unsaturated/α-hetero) is 1. The number of rotatable bonds is 2. The maximum absolute atomic E-state index is 12.0. The van der Waals surface area contributed by atoms with Crippen molar-refractivity contribution >= 4 is 29.0 Å². The Labute approximate surface area is 82.5 Å². The molecule has 0 aromatic carbocycles. The van der Waals surface area contributed by atoms with Gasteiger partial charge in [0.1, 0.15) is 0 Å². The van der Waals surface area contributed by atoms with E-state index in [4.69, 9.17) is 23.2 Å². The van der Waals surface area contributed by atoms with Gasteiger partial charge < -0.3 is 0 Å². The highest BCUT2D eigenvalue weighted by Crippen LogP contribution is 2.25. The summed E-state index contributed by atoms with van der Waals surface area (Å²) in [6, 6.07) is 0. The lowest BCUT2D eigenvalue weighted by atomic mass is 10.2. The maximum Gasteiger partial charge on any atom is 0.300 e. The highest BCUT2D eigenvalue weighted by molar-refractivity contribution is 6.39. The Morgan fingerprint density at radius 2 is 1.77 bits per heavy atom. The molecule has 0 saturated carbocycles. The van der Waals surface area contributed by atoms with Crippen LogP contribution in [0.3, 0.4) is 0 Å². The smallest absolute Gasteiger partial charge is 0.288 e. The van der Waals surface area contributed by atoms with Crippen LogP contribution in [-0.2, 0) is 0 Å². The van der Waals surface area contributed by atoms with Gasteiger partial charge in [-0.05, 0) is 0 Å². The first kappa shape index (κ1) is 10.3. The van der Waals surface area contributed by atoms with Crippen molar-refractivity contribution in [1.82, 2.24) is 4.98 Å². The van der Waals surface area contributed by atoms with Gasteiger partial charge in [-0.3, -0.25) is 9.78 Å². The number of pyridine rings is 1. The summed E-state index contributed by atoms with van der Waals surface area (Å²) in [5, 5.41) is -0.337. The molecule has 0 aliphatic heterocycles. The maximum atomic E-state index is 12.0. The van der Waals surface area contributed by atoms with Gasteiger partial charge in [-0.25, -0.2) is 8.78 Å². The number of alkyl halides is 2. The van der Waals surface area contributed by atoms with E-state index in [-0.39, 0.29) is 15.6 Å².